The third kappa shape index (κ3) is 4.64. The number of hydrogen-bond donors (Lipinski definition) is 0. The molecule has 2 aromatic rings. The van der Waals surface area contributed by atoms with E-state index in [2.05, 4.69) is 10.1 Å². The van der Waals surface area contributed by atoms with E-state index in [4.69, 9.17) is 9.47 Å². The Bertz CT molecular complexity index is 672. The van der Waals surface area contributed by atoms with Crippen LogP contribution in [0.4, 0.5) is 5.69 Å². The van der Waals surface area contributed by atoms with Gasteiger partial charge in [-0.15, -0.1) is 0 Å². The molecule has 1 unspecified atom stereocenters. The van der Waals surface area contributed by atoms with E-state index in [0.29, 0.717) is 19.8 Å². The maximum Gasteiger partial charge on any atom is 0.255 e. The number of aromatic nitrogens is 3. The van der Waals surface area contributed by atoms with Crippen molar-refractivity contribution in [1.82, 2.24) is 14.8 Å². The number of aryl methyl sites for hydroxylation is 1. The van der Waals surface area contributed by atoms with Crippen molar-refractivity contribution < 1.29 is 14.3 Å². The number of anilines is 1. The molecule has 2 heterocycles. The summed E-state index contributed by atoms with van der Waals surface area (Å²) in [6.45, 7) is 7.12. The van der Waals surface area contributed by atoms with E-state index in [-0.39, 0.29) is 5.91 Å². The molecule has 2 rings (SSSR count). The summed E-state index contributed by atoms with van der Waals surface area (Å²) in [5.74, 6) is -0.0842. The van der Waals surface area contributed by atoms with Gasteiger partial charge < -0.3 is 14.4 Å². The first-order valence-corrected chi connectivity index (χ1v) is 8.53. The molecule has 0 aliphatic heterocycles. The quantitative estimate of drug-likeness (QED) is 0.651. The molecular weight excluding hydrogens is 320 g/mol. The number of amides is 1. The Morgan fingerprint density at radius 3 is 2.76 bits per heavy atom. The summed E-state index contributed by atoms with van der Waals surface area (Å²) in [6.07, 6.45) is 5.52. The molecule has 0 saturated heterocycles. The maximum absolute atomic E-state index is 12.8. The average Bonchev–Trinajstić information content (AvgIpc) is 3.07. The van der Waals surface area contributed by atoms with E-state index in [0.717, 1.165) is 23.5 Å². The molecular formula is C18H26N4O3. The van der Waals surface area contributed by atoms with Gasteiger partial charge >= 0.3 is 0 Å². The second-order valence-electron chi connectivity index (χ2n) is 5.56. The summed E-state index contributed by atoms with van der Waals surface area (Å²) in [4.78, 5) is 18.6. The minimum atomic E-state index is -0.540. The van der Waals surface area contributed by atoms with Gasteiger partial charge in [0.25, 0.3) is 5.91 Å². The van der Waals surface area contributed by atoms with Crippen molar-refractivity contribution in [3.8, 4) is 5.69 Å². The van der Waals surface area contributed by atoms with E-state index < -0.39 is 6.10 Å². The lowest BCUT2D eigenvalue weighted by molar-refractivity contribution is -0.129. The lowest BCUT2D eigenvalue weighted by Crippen LogP contribution is -2.39. The highest BCUT2D eigenvalue weighted by Crippen LogP contribution is 2.23. The second kappa shape index (κ2) is 9.29. The lowest BCUT2D eigenvalue weighted by atomic mass is 10.2. The Balaban J connectivity index is 2.24. The summed E-state index contributed by atoms with van der Waals surface area (Å²) in [5.41, 5.74) is 2.53. The van der Waals surface area contributed by atoms with Gasteiger partial charge in [-0.3, -0.25) is 9.78 Å². The number of ether oxygens (including phenoxy) is 2. The highest BCUT2D eigenvalue weighted by molar-refractivity contribution is 5.96. The van der Waals surface area contributed by atoms with Crippen molar-refractivity contribution in [2.75, 3.05) is 31.8 Å². The van der Waals surface area contributed by atoms with Gasteiger partial charge in [-0.2, -0.15) is 5.10 Å². The molecule has 25 heavy (non-hydrogen) atoms. The largest absolute Gasteiger partial charge is 0.382 e. The summed E-state index contributed by atoms with van der Waals surface area (Å²) >= 11 is 0. The Labute approximate surface area is 148 Å². The fourth-order valence-corrected chi connectivity index (χ4v) is 2.54. The molecule has 0 spiro atoms. The highest BCUT2D eigenvalue weighted by Gasteiger charge is 2.25. The summed E-state index contributed by atoms with van der Waals surface area (Å²) in [6, 6.07) is 3.79. The zero-order chi connectivity index (χ0) is 18.2. The Morgan fingerprint density at radius 1 is 1.36 bits per heavy atom. The molecule has 0 fully saturated rings. The van der Waals surface area contributed by atoms with Crippen LogP contribution in [0.2, 0.25) is 0 Å². The van der Waals surface area contributed by atoms with Crippen LogP contribution in [-0.4, -0.2) is 53.6 Å². The van der Waals surface area contributed by atoms with Crippen LogP contribution in [0.5, 0.6) is 0 Å². The number of carbonyl (C=O) groups is 1. The van der Waals surface area contributed by atoms with Crippen LogP contribution in [-0.2, 0) is 20.7 Å². The van der Waals surface area contributed by atoms with Crippen LogP contribution in [0, 0.1) is 0 Å². The van der Waals surface area contributed by atoms with Gasteiger partial charge in [-0.1, -0.05) is 6.92 Å². The first-order chi connectivity index (χ1) is 12.1. The first-order valence-electron chi connectivity index (χ1n) is 8.53. The topological polar surface area (TPSA) is 69.5 Å². The van der Waals surface area contributed by atoms with Gasteiger partial charge in [-0.25, -0.2) is 4.68 Å². The Kier molecular flexibility index (Phi) is 7.09. The van der Waals surface area contributed by atoms with Crippen molar-refractivity contribution >= 4 is 11.6 Å². The molecule has 0 bridgehead atoms. The number of nitrogens with zero attached hydrogens (tertiary/aromatic N) is 4. The first kappa shape index (κ1) is 19.1. The second-order valence-corrected chi connectivity index (χ2v) is 5.56. The standard InChI is InChI=1S/C18H26N4O3/c1-5-16-17(13-22(20-16)15-8-7-9-19-12-15)21(6-2)18(23)14(3)25-11-10-24-4/h7-9,12-14H,5-6,10-11H2,1-4H3. The van der Waals surface area contributed by atoms with Gasteiger partial charge in [0.2, 0.25) is 0 Å². The smallest absolute Gasteiger partial charge is 0.255 e. The molecule has 0 aliphatic carbocycles. The van der Waals surface area contributed by atoms with Gasteiger partial charge in [0, 0.05) is 19.9 Å². The Hall–Kier alpha value is -2.25. The van der Waals surface area contributed by atoms with Gasteiger partial charge in [-0.05, 0) is 32.4 Å². The molecule has 0 aromatic carbocycles. The number of carbonyl (C=O) groups excluding carboxylic acids is 1. The molecule has 7 heteroatoms. The summed E-state index contributed by atoms with van der Waals surface area (Å²) in [5, 5.41) is 4.61. The maximum atomic E-state index is 12.8. The monoisotopic (exact) mass is 346 g/mol. The highest BCUT2D eigenvalue weighted by atomic mass is 16.5. The van der Waals surface area contributed by atoms with Crippen LogP contribution in [0.15, 0.2) is 30.7 Å². The van der Waals surface area contributed by atoms with Crippen LogP contribution >= 0.6 is 0 Å². The summed E-state index contributed by atoms with van der Waals surface area (Å²) < 4.78 is 12.3. The predicted molar refractivity (Wildman–Crippen MR) is 96.1 cm³/mol. The number of pyridine rings is 1. The van der Waals surface area contributed by atoms with Crippen LogP contribution in [0.1, 0.15) is 26.5 Å². The molecule has 0 aliphatic rings. The van der Waals surface area contributed by atoms with Gasteiger partial charge in [0.05, 0.1) is 42.7 Å². The average molecular weight is 346 g/mol. The molecule has 0 saturated carbocycles. The molecule has 0 N–H and O–H groups in total. The van der Waals surface area contributed by atoms with Crippen molar-refractivity contribution in [1.29, 1.82) is 0 Å². The van der Waals surface area contributed by atoms with E-state index in [1.165, 1.54) is 0 Å². The molecule has 1 amide bonds. The zero-order valence-corrected chi connectivity index (χ0v) is 15.3. The van der Waals surface area contributed by atoms with Crippen LogP contribution in [0.3, 0.4) is 0 Å². The molecule has 2 aromatic heterocycles. The predicted octanol–water partition coefficient (Wildman–Crippen LogP) is 2.23. The minimum absolute atomic E-state index is 0.0842. The van der Waals surface area contributed by atoms with E-state index in [1.54, 1.807) is 36.0 Å². The lowest BCUT2D eigenvalue weighted by Gasteiger charge is -2.24. The third-order valence-electron chi connectivity index (χ3n) is 3.89. The minimum Gasteiger partial charge on any atom is -0.382 e. The number of likely N-dealkylation sites (N-methyl/N-ethyl adjacent to an activating group) is 1. The molecule has 136 valence electrons. The zero-order valence-electron chi connectivity index (χ0n) is 15.3. The van der Waals surface area contributed by atoms with Crippen molar-refractivity contribution in [3.05, 3.63) is 36.4 Å². The van der Waals surface area contributed by atoms with Crippen LogP contribution in [0.25, 0.3) is 5.69 Å². The molecule has 1 atom stereocenters. The van der Waals surface area contributed by atoms with Gasteiger partial charge in [0.15, 0.2) is 0 Å². The van der Waals surface area contributed by atoms with Gasteiger partial charge in [0.1, 0.15) is 6.10 Å². The SMILES string of the molecule is CCc1nn(-c2cccnc2)cc1N(CC)C(=O)C(C)OCCOC. The molecule has 7 nitrogen and oxygen atoms in total. The fourth-order valence-electron chi connectivity index (χ4n) is 2.54. The van der Waals surface area contributed by atoms with Crippen molar-refractivity contribution in [2.24, 2.45) is 0 Å². The molecule has 0 radical (unpaired) electrons. The fraction of sp³-hybridized carbons (Fsp3) is 0.500. The van der Waals surface area contributed by atoms with Crippen molar-refractivity contribution in [2.45, 2.75) is 33.3 Å². The van der Waals surface area contributed by atoms with E-state index >= 15 is 0 Å². The normalized spacial score (nSPS) is 12.2. The van der Waals surface area contributed by atoms with E-state index in [1.807, 2.05) is 32.2 Å². The number of methoxy groups -OCH3 is 1. The number of rotatable bonds is 9. The number of hydrogen-bond acceptors (Lipinski definition) is 5. The van der Waals surface area contributed by atoms with E-state index in [9.17, 15) is 4.79 Å². The third-order valence-corrected chi connectivity index (χ3v) is 3.89. The Morgan fingerprint density at radius 2 is 2.16 bits per heavy atom. The van der Waals surface area contributed by atoms with Crippen LogP contribution < -0.4 is 4.90 Å². The summed E-state index contributed by atoms with van der Waals surface area (Å²) in [7, 11) is 1.61. The van der Waals surface area contributed by atoms with Crippen molar-refractivity contribution in [3.63, 3.8) is 0 Å².